The molecule has 0 spiro atoms. The van der Waals surface area contributed by atoms with Gasteiger partial charge in [-0.3, -0.25) is 0 Å². The lowest BCUT2D eigenvalue weighted by Crippen LogP contribution is -2.10. The zero-order valence-corrected chi connectivity index (χ0v) is 9.32. The molecule has 2 nitrogen and oxygen atoms in total. The van der Waals surface area contributed by atoms with Gasteiger partial charge in [0.05, 0.1) is 0 Å². The molecule has 0 saturated carbocycles. The molecule has 2 atom stereocenters. The molecule has 3 heteroatoms. The van der Waals surface area contributed by atoms with Gasteiger partial charge in [-0.05, 0) is 24.1 Å². The smallest absolute Gasteiger partial charge is 0.0437 e. The number of hydrogen-bond acceptors (Lipinski definition) is 2. The molecular formula is C11H18NOP. The van der Waals surface area contributed by atoms with Gasteiger partial charge in [-0.1, -0.05) is 30.3 Å². The first kappa shape index (κ1) is 11.6. The molecule has 0 aliphatic carbocycles. The van der Waals surface area contributed by atoms with Gasteiger partial charge in [0.2, 0.25) is 0 Å². The van der Waals surface area contributed by atoms with Crippen molar-refractivity contribution >= 4 is 8.58 Å². The molecule has 1 rings (SSSR count). The van der Waals surface area contributed by atoms with E-state index in [4.69, 9.17) is 10.8 Å². The van der Waals surface area contributed by atoms with E-state index >= 15 is 0 Å². The maximum atomic E-state index is 8.90. The minimum atomic E-state index is 0.268. The predicted molar refractivity (Wildman–Crippen MR) is 63.0 cm³/mol. The standard InChI is InChI=1S/C11H18NOP/c12-9-14-11(6-7-13)8-10-4-2-1-3-5-10/h1-5,11,13-14H,6-9,12H2/t11-/m1/s1. The van der Waals surface area contributed by atoms with Crippen molar-refractivity contribution in [2.45, 2.75) is 18.5 Å². The van der Waals surface area contributed by atoms with Gasteiger partial charge in [0.25, 0.3) is 0 Å². The summed E-state index contributed by atoms with van der Waals surface area (Å²) in [4.78, 5) is 0. The summed E-state index contributed by atoms with van der Waals surface area (Å²) in [5.41, 5.74) is 7.43. The van der Waals surface area contributed by atoms with Crippen LogP contribution in [0.15, 0.2) is 30.3 Å². The van der Waals surface area contributed by atoms with Gasteiger partial charge < -0.3 is 10.8 Å². The third kappa shape index (κ3) is 4.19. The Bertz CT molecular complexity index is 234. The Kier molecular flexibility index (Phi) is 5.77. The van der Waals surface area contributed by atoms with Crippen molar-refractivity contribution in [2.75, 3.05) is 12.9 Å². The van der Waals surface area contributed by atoms with Crippen LogP contribution in [0.2, 0.25) is 0 Å². The monoisotopic (exact) mass is 211 g/mol. The molecule has 0 radical (unpaired) electrons. The normalized spacial score (nSPS) is 13.6. The molecule has 0 aliphatic rings. The van der Waals surface area contributed by atoms with Gasteiger partial charge in [0.1, 0.15) is 0 Å². The number of aliphatic hydroxyl groups excluding tert-OH is 1. The van der Waals surface area contributed by atoms with Crippen molar-refractivity contribution in [3.05, 3.63) is 35.9 Å². The molecule has 78 valence electrons. The fraction of sp³-hybridized carbons (Fsp3) is 0.455. The lowest BCUT2D eigenvalue weighted by Gasteiger charge is -2.14. The first-order valence-corrected chi connectivity index (χ1v) is 6.23. The quantitative estimate of drug-likeness (QED) is 0.702. The van der Waals surface area contributed by atoms with E-state index in [0.29, 0.717) is 5.66 Å². The Morgan fingerprint density at radius 2 is 2.00 bits per heavy atom. The van der Waals surface area contributed by atoms with Gasteiger partial charge in [0.15, 0.2) is 0 Å². The van der Waals surface area contributed by atoms with Crippen LogP contribution in [-0.2, 0) is 6.42 Å². The molecule has 0 aromatic heterocycles. The summed E-state index contributed by atoms with van der Waals surface area (Å²) in [6.07, 6.45) is 2.64. The van der Waals surface area contributed by atoms with Crippen LogP contribution in [0, 0.1) is 0 Å². The van der Waals surface area contributed by atoms with E-state index in [0.717, 1.165) is 27.7 Å². The highest BCUT2D eigenvalue weighted by Crippen LogP contribution is 2.23. The topological polar surface area (TPSA) is 46.2 Å². The summed E-state index contributed by atoms with van der Waals surface area (Å²) in [6.45, 7) is 0.268. The zero-order valence-electron chi connectivity index (χ0n) is 8.32. The molecule has 0 amide bonds. The Morgan fingerprint density at radius 1 is 1.29 bits per heavy atom. The maximum absolute atomic E-state index is 8.90. The van der Waals surface area contributed by atoms with E-state index < -0.39 is 0 Å². The number of benzene rings is 1. The highest BCUT2D eigenvalue weighted by molar-refractivity contribution is 7.38. The van der Waals surface area contributed by atoms with Crippen LogP contribution in [-0.4, -0.2) is 23.7 Å². The third-order valence-corrected chi connectivity index (χ3v) is 3.51. The number of nitrogens with two attached hydrogens (primary N) is 1. The average molecular weight is 211 g/mol. The highest BCUT2D eigenvalue weighted by atomic mass is 31.1. The van der Waals surface area contributed by atoms with Crippen LogP contribution in [0.25, 0.3) is 0 Å². The van der Waals surface area contributed by atoms with E-state index in [-0.39, 0.29) is 6.61 Å². The molecule has 1 aromatic rings. The number of aliphatic hydroxyl groups is 1. The van der Waals surface area contributed by atoms with E-state index in [2.05, 4.69) is 24.3 Å². The van der Waals surface area contributed by atoms with Crippen molar-refractivity contribution in [3.8, 4) is 0 Å². The SMILES string of the molecule is NCP[C@H](CCO)Cc1ccccc1. The van der Waals surface area contributed by atoms with E-state index in [1.807, 2.05) is 6.07 Å². The fourth-order valence-electron chi connectivity index (χ4n) is 1.50. The molecule has 0 bridgehead atoms. The molecule has 14 heavy (non-hydrogen) atoms. The molecule has 1 unspecified atom stereocenters. The lowest BCUT2D eigenvalue weighted by molar-refractivity contribution is 0.286. The molecule has 0 fully saturated rings. The minimum Gasteiger partial charge on any atom is -0.396 e. The Labute approximate surface area is 87.3 Å². The summed E-state index contributed by atoms with van der Waals surface area (Å²) in [5, 5.41) is 8.90. The van der Waals surface area contributed by atoms with Crippen molar-refractivity contribution in [1.29, 1.82) is 0 Å². The average Bonchev–Trinajstić information content (AvgIpc) is 2.20. The first-order valence-electron chi connectivity index (χ1n) is 4.95. The summed E-state index contributed by atoms with van der Waals surface area (Å²) in [6, 6.07) is 10.4. The molecule has 0 saturated heterocycles. The Hall–Kier alpha value is -0.430. The summed E-state index contributed by atoms with van der Waals surface area (Å²) >= 11 is 0. The van der Waals surface area contributed by atoms with E-state index in [1.165, 1.54) is 5.56 Å². The van der Waals surface area contributed by atoms with Gasteiger partial charge >= 0.3 is 0 Å². The lowest BCUT2D eigenvalue weighted by atomic mass is 10.1. The van der Waals surface area contributed by atoms with E-state index in [9.17, 15) is 0 Å². The number of rotatable bonds is 6. The molecule has 0 aliphatic heterocycles. The van der Waals surface area contributed by atoms with E-state index in [1.54, 1.807) is 0 Å². The second kappa shape index (κ2) is 6.94. The Morgan fingerprint density at radius 3 is 2.57 bits per heavy atom. The number of hydrogen-bond donors (Lipinski definition) is 2. The molecule has 1 aromatic carbocycles. The Balaban J connectivity index is 2.46. The van der Waals surface area contributed by atoms with Crippen LogP contribution >= 0.6 is 8.58 Å². The van der Waals surface area contributed by atoms with Crippen molar-refractivity contribution in [1.82, 2.24) is 0 Å². The van der Waals surface area contributed by atoms with Crippen molar-refractivity contribution in [2.24, 2.45) is 5.73 Å². The third-order valence-electron chi connectivity index (χ3n) is 2.21. The fourth-order valence-corrected chi connectivity index (χ4v) is 2.54. The zero-order chi connectivity index (χ0) is 10.2. The van der Waals surface area contributed by atoms with Crippen LogP contribution in [0.5, 0.6) is 0 Å². The molecular weight excluding hydrogens is 193 g/mol. The van der Waals surface area contributed by atoms with Gasteiger partial charge in [0, 0.05) is 12.9 Å². The summed E-state index contributed by atoms with van der Waals surface area (Å²) < 4.78 is 0. The van der Waals surface area contributed by atoms with Crippen LogP contribution in [0.3, 0.4) is 0 Å². The second-order valence-corrected chi connectivity index (χ2v) is 4.94. The minimum absolute atomic E-state index is 0.268. The van der Waals surface area contributed by atoms with Crippen molar-refractivity contribution in [3.63, 3.8) is 0 Å². The summed E-state index contributed by atoms with van der Waals surface area (Å²) in [7, 11) is 0.756. The largest absolute Gasteiger partial charge is 0.396 e. The molecule has 3 N–H and O–H groups in total. The second-order valence-electron chi connectivity index (χ2n) is 3.31. The van der Waals surface area contributed by atoms with Crippen LogP contribution in [0.4, 0.5) is 0 Å². The van der Waals surface area contributed by atoms with Gasteiger partial charge in [-0.25, -0.2) is 0 Å². The summed E-state index contributed by atoms with van der Waals surface area (Å²) in [5.74, 6) is 0. The molecule has 0 heterocycles. The van der Waals surface area contributed by atoms with Gasteiger partial charge in [-0.15, -0.1) is 8.58 Å². The maximum Gasteiger partial charge on any atom is 0.0437 e. The van der Waals surface area contributed by atoms with Crippen LogP contribution in [0.1, 0.15) is 12.0 Å². The highest BCUT2D eigenvalue weighted by Gasteiger charge is 2.07. The predicted octanol–water partition coefficient (Wildman–Crippen LogP) is 1.57. The first-order chi connectivity index (χ1) is 6.86. The van der Waals surface area contributed by atoms with Crippen LogP contribution < -0.4 is 5.73 Å². The van der Waals surface area contributed by atoms with Gasteiger partial charge in [-0.2, -0.15) is 0 Å². The van der Waals surface area contributed by atoms with Crippen molar-refractivity contribution < 1.29 is 5.11 Å².